The number of nitrogens with zero attached hydrogens (tertiary/aromatic N) is 5. The van der Waals surface area contributed by atoms with Crippen molar-refractivity contribution in [3.8, 4) is 0 Å². The molecule has 3 heterocycles. The molecule has 0 saturated carbocycles. The van der Waals surface area contributed by atoms with Crippen molar-refractivity contribution >= 4 is 23.6 Å². The van der Waals surface area contributed by atoms with Gasteiger partial charge in [0.15, 0.2) is 0 Å². The topological polar surface area (TPSA) is 116 Å². The number of carboxylic acids is 1. The summed E-state index contributed by atoms with van der Waals surface area (Å²) in [6.07, 6.45) is 0. The van der Waals surface area contributed by atoms with Gasteiger partial charge in [0.1, 0.15) is 11.2 Å². The van der Waals surface area contributed by atoms with Gasteiger partial charge in [0, 0.05) is 43.9 Å². The lowest BCUT2D eigenvalue weighted by Gasteiger charge is -2.26. The number of aromatic nitrogens is 2. The molecular formula is C16H24N6O3. The Labute approximate surface area is 146 Å². The number of amides is 1. The van der Waals surface area contributed by atoms with Crippen molar-refractivity contribution in [1.82, 2.24) is 19.8 Å². The number of fused-ring (bicyclic) bond motifs is 1. The zero-order chi connectivity index (χ0) is 18.4. The fourth-order valence-electron chi connectivity index (χ4n) is 3.84. The second kappa shape index (κ2) is 6.14. The molecule has 25 heavy (non-hydrogen) atoms. The summed E-state index contributed by atoms with van der Waals surface area (Å²) in [6.45, 7) is 3.65. The average Bonchev–Trinajstić information content (AvgIpc) is 3.00. The summed E-state index contributed by atoms with van der Waals surface area (Å²) in [5, 5.41) is 9.90. The third-order valence-corrected chi connectivity index (χ3v) is 5.02. The first kappa shape index (κ1) is 17.4. The van der Waals surface area contributed by atoms with Gasteiger partial charge in [-0.25, -0.2) is 4.98 Å². The number of aryl methyl sites for hydroxylation is 1. The van der Waals surface area contributed by atoms with Crippen LogP contribution < -0.4 is 10.6 Å². The van der Waals surface area contributed by atoms with E-state index in [-0.39, 0.29) is 30.9 Å². The van der Waals surface area contributed by atoms with E-state index in [2.05, 4.69) is 9.97 Å². The van der Waals surface area contributed by atoms with Gasteiger partial charge in [-0.3, -0.25) is 9.59 Å². The van der Waals surface area contributed by atoms with Crippen molar-refractivity contribution in [2.75, 3.05) is 57.5 Å². The number of aliphatic carboxylic acids is 1. The molecule has 3 rings (SSSR count). The molecule has 2 aliphatic heterocycles. The smallest absolute Gasteiger partial charge is 0.313 e. The van der Waals surface area contributed by atoms with E-state index in [1.54, 1.807) is 9.80 Å². The zero-order valence-electron chi connectivity index (χ0n) is 14.8. The number of rotatable bonds is 4. The Bertz CT molecular complexity index is 689. The first-order valence-electron chi connectivity index (χ1n) is 8.23. The highest BCUT2D eigenvalue weighted by Crippen LogP contribution is 2.44. The van der Waals surface area contributed by atoms with E-state index >= 15 is 0 Å². The van der Waals surface area contributed by atoms with E-state index in [0.29, 0.717) is 25.5 Å². The summed E-state index contributed by atoms with van der Waals surface area (Å²) in [5.74, 6) is -0.203. The summed E-state index contributed by atoms with van der Waals surface area (Å²) < 4.78 is 0. The molecule has 1 aromatic heterocycles. The van der Waals surface area contributed by atoms with Crippen LogP contribution in [0.4, 0.5) is 11.8 Å². The molecule has 0 aromatic carbocycles. The Hall–Kier alpha value is -2.42. The zero-order valence-corrected chi connectivity index (χ0v) is 14.8. The van der Waals surface area contributed by atoms with Crippen molar-refractivity contribution in [3.63, 3.8) is 0 Å². The molecule has 1 amide bonds. The van der Waals surface area contributed by atoms with Gasteiger partial charge in [0.25, 0.3) is 0 Å². The highest BCUT2D eigenvalue weighted by atomic mass is 16.4. The number of hydrogen-bond donors (Lipinski definition) is 2. The molecule has 136 valence electrons. The first-order valence-corrected chi connectivity index (χ1v) is 8.23. The van der Waals surface area contributed by atoms with Gasteiger partial charge in [-0.05, 0) is 21.0 Å². The predicted octanol–water partition coefficient (Wildman–Crippen LogP) is -0.722. The lowest BCUT2D eigenvalue weighted by Crippen LogP contribution is -2.43. The number of nitrogen functional groups attached to an aromatic ring is 1. The molecule has 2 atom stereocenters. The van der Waals surface area contributed by atoms with Crippen LogP contribution in [0.2, 0.25) is 0 Å². The molecule has 2 aliphatic rings. The van der Waals surface area contributed by atoms with Gasteiger partial charge in [0.2, 0.25) is 11.9 Å². The van der Waals surface area contributed by atoms with Gasteiger partial charge in [-0.2, -0.15) is 4.98 Å². The summed E-state index contributed by atoms with van der Waals surface area (Å²) >= 11 is 0. The van der Waals surface area contributed by atoms with Crippen molar-refractivity contribution in [3.05, 3.63) is 11.8 Å². The van der Waals surface area contributed by atoms with Crippen molar-refractivity contribution < 1.29 is 14.7 Å². The molecule has 3 N–H and O–H groups in total. The van der Waals surface area contributed by atoms with E-state index in [9.17, 15) is 14.7 Å². The molecular weight excluding hydrogens is 324 g/mol. The van der Waals surface area contributed by atoms with Crippen LogP contribution in [-0.2, 0) is 9.59 Å². The van der Waals surface area contributed by atoms with Gasteiger partial charge >= 0.3 is 5.97 Å². The Morgan fingerprint density at radius 1 is 1.36 bits per heavy atom. The monoisotopic (exact) mass is 348 g/mol. The second-order valence-electron chi connectivity index (χ2n) is 7.28. The molecule has 0 unspecified atom stereocenters. The maximum absolute atomic E-state index is 12.3. The molecule has 0 aliphatic carbocycles. The lowest BCUT2D eigenvalue weighted by atomic mass is 9.81. The SMILES string of the molecule is Cc1cc(N2C[C@H]3CN(C(=O)CN(C)C)C[C@@]3(C(=O)O)C2)nc(N)n1. The Morgan fingerprint density at radius 3 is 2.64 bits per heavy atom. The van der Waals surface area contributed by atoms with E-state index in [1.165, 1.54) is 0 Å². The minimum atomic E-state index is -0.963. The third-order valence-electron chi connectivity index (χ3n) is 5.02. The molecule has 0 spiro atoms. The number of likely N-dealkylation sites (N-methyl/N-ethyl adjacent to an activating group) is 1. The van der Waals surface area contributed by atoms with Crippen LogP contribution in [-0.4, -0.2) is 83.6 Å². The number of anilines is 2. The van der Waals surface area contributed by atoms with Crippen LogP contribution in [0.25, 0.3) is 0 Å². The maximum atomic E-state index is 12.3. The van der Waals surface area contributed by atoms with E-state index < -0.39 is 11.4 Å². The van der Waals surface area contributed by atoms with Crippen LogP contribution in [0.3, 0.4) is 0 Å². The van der Waals surface area contributed by atoms with Crippen LogP contribution >= 0.6 is 0 Å². The molecule has 0 radical (unpaired) electrons. The van der Waals surface area contributed by atoms with E-state index in [0.717, 1.165) is 5.69 Å². The molecule has 9 heteroatoms. The lowest BCUT2D eigenvalue weighted by molar-refractivity contribution is -0.148. The number of hydrogen-bond acceptors (Lipinski definition) is 7. The summed E-state index contributed by atoms with van der Waals surface area (Å²) in [7, 11) is 3.65. The normalized spacial score (nSPS) is 25.5. The molecule has 9 nitrogen and oxygen atoms in total. The van der Waals surface area contributed by atoms with Crippen LogP contribution in [0.5, 0.6) is 0 Å². The van der Waals surface area contributed by atoms with E-state index in [4.69, 9.17) is 5.73 Å². The minimum absolute atomic E-state index is 0.0336. The van der Waals surface area contributed by atoms with E-state index in [1.807, 2.05) is 32.0 Å². The highest BCUT2D eigenvalue weighted by molar-refractivity contribution is 5.83. The second-order valence-corrected chi connectivity index (χ2v) is 7.28. The fraction of sp³-hybridized carbons (Fsp3) is 0.625. The Balaban J connectivity index is 1.81. The molecule has 2 saturated heterocycles. The molecule has 0 bridgehead atoms. The number of likely N-dealkylation sites (tertiary alicyclic amines) is 1. The number of carbonyl (C=O) groups excluding carboxylic acids is 1. The summed E-state index contributed by atoms with van der Waals surface area (Å²) in [4.78, 5) is 38.1. The fourth-order valence-corrected chi connectivity index (χ4v) is 3.84. The number of carboxylic acid groups (broad SMARTS) is 1. The van der Waals surface area contributed by atoms with Crippen LogP contribution in [0, 0.1) is 18.3 Å². The quantitative estimate of drug-likeness (QED) is 0.732. The largest absolute Gasteiger partial charge is 0.481 e. The highest BCUT2D eigenvalue weighted by Gasteiger charge is 2.58. The minimum Gasteiger partial charge on any atom is -0.481 e. The molecule has 2 fully saturated rings. The Morgan fingerprint density at radius 2 is 2.08 bits per heavy atom. The average molecular weight is 348 g/mol. The number of carbonyl (C=O) groups is 2. The van der Waals surface area contributed by atoms with Crippen LogP contribution in [0.15, 0.2) is 6.07 Å². The maximum Gasteiger partial charge on any atom is 0.313 e. The van der Waals surface area contributed by atoms with Gasteiger partial charge in [0.05, 0.1) is 6.54 Å². The number of nitrogens with two attached hydrogens (primary N) is 1. The molecule has 1 aromatic rings. The van der Waals surface area contributed by atoms with Gasteiger partial charge in [-0.15, -0.1) is 0 Å². The van der Waals surface area contributed by atoms with Crippen molar-refractivity contribution in [2.45, 2.75) is 6.92 Å². The summed E-state index contributed by atoms with van der Waals surface area (Å²) in [5.41, 5.74) is 5.50. The first-order chi connectivity index (χ1) is 11.7. The van der Waals surface area contributed by atoms with Gasteiger partial charge in [-0.1, -0.05) is 0 Å². The standard InChI is InChI=1S/C16H24N6O3/c1-10-4-12(19-15(17)18-10)21-5-11-6-22(13(23)7-20(2)3)9-16(11,8-21)14(24)25/h4,11H,5-9H2,1-3H3,(H,24,25)(H2,17,18,19)/t11-,16-/m0/s1. The van der Waals surface area contributed by atoms with Crippen LogP contribution in [0.1, 0.15) is 5.69 Å². The van der Waals surface area contributed by atoms with Crippen molar-refractivity contribution in [1.29, 1.82) is 0 Å². The van der Waals surface area contributed by atoms with Gasteiger partial charge < -0.3 is 25.5 Å². The Kier molecular flexibility index (Phi) is 4.28. The predicted molar refractivity (Wildman–Crippen MR) is 92.1 cm³/mol. The van der Waals surface area contributed by atoms with Crippen molar-refractivity contribution in [2.24, 2.45) is 11.3 Å². The summed E-state index contributed by atoms with van der Waals surface area (Å²) in [6, 6.07) is 1.81. The third kappa shape index (κ3) is 3.11.